The third kappa shape index (κ3) is 2.42. The SMILES string of the molecule is CC(C)N1CCC(N)(F)CC1. The second-order valence-electron chi connectivity index (χ2n) is 3.66. The molecule has 0 aromatic heterocycles. The van der Waals surface area contributed by atoms with Gasteiger partial charge in [0.05, 0.1) is 0 Å². The Labute approximate surface area is 67.6 Å². The number of alkyl halides is 1. The molecule has 0 spiro atoms. The molecule has 0 radical (unpaired) electrons. The van der Waals surface area contributed by atoms with Crippen LogP contribution in [0.5, 0.6) is 0 Å². The van der Waals surface area contributed by atoms with Crippen LogP contribution in [0.4, 0.5) is 4.39 Å². The zero-order chi connectivity index (χ0) is 8.48. The molecule has 2 N–H and O–H groups in total. The number of hydrogen-bond acceptors (Lipinski definition) is 2. The zero-order valence-electron chi connectivity index (χ0n) is 7.31. The monoisotopic (exact) mass is 160 g/mol. The molecule has 11 heavy (non-hydrogen) atoms. The zero-order valence-corrected chi connectivity index (χ0v) is 7.31. The van der Waals surface area contributed by atoms with Gasteiger partial charge in [0, 0.05) is 32.0 Å². The van der Waals surface area contributed by atoms with Crippen LogP contribution in [-0.4, -0.2) is 29.8 Å². The third-order valence-corrected chi connectivity index (χ3v) is 2.36. The molecule has 66 valence electrons. The fourth-order valence-corrected chi connectivity index (χ4v) is 1.41. The van der Waals surface area contributed by atoms with E-state index in [4.69, 9.17) is 5.73 Å². The van der Waals surface area contributed by atoms with Crippen molar-refractivity contribution in [3.8, 4) is 0 Å². The lowest BCUT2D eigenvalue weighted by Gasteiger charge is -2.36. The van der Waals surface area contributed by atoms with E-state index in [1.165, 1.54) is 0 Å². The van der Waals surface area contributed by atoms with Crippen LogP contribution < -0.4 is 5.73 Å². The molecule has 0 unspecified atom stereocenters. The standard InChI is InChI=1S/C8H17FN2/c1-7(2)11-5-3-8(9,10)4-6-11/h7H,3-6,10H2,1-2H3. The van der Waals surface area contributed by atoms with Crippen molar-refractivity contribution in [3.63, 3.8) is 0 Å². The smallest absolute Gasteiger partial charge is 0.161 e. The largest absolute Gasteiger partial charge is 0.301 e. The number of piperidine rings is 1. The summed E-state index contributed by atoms with van der Waals surface area (Å²) >= 11 is 0. The summed E-state index contributed by atoms with van der Waals surface area (Å²) in [5, 5.41) is 0. The molecule has 1 fully saturated rings. The summed E-state index contributed by atoms with van der Waals surface area (Å²) < 4.78 is 13.1. The molecule has 0 atom stereocenters. The molecular weight excluding hydrogens is 143 g/mol. The molecule has 0 bridgehead atoms. The molecule has 0 saturated carbocycles. The number of rotatable bonds is 1. The van der Waals surface area contributed by atoms with Gasteiger partial charge in [-0.3, -0.25) is 5.73 Å². The van der Waals surface area contributed by atoms with E-state index < -0.39 is 5.79 Å². The quantitative estimate of drug-likeness (QED) is 0.582. The second kappa shape index (κ2) is 3.07. The van der Waals surface area contributed by atoms with E-state index in [1.54, 1.807) is 0 Å². The molecule has 2 nitrogen and oxygen atoms in total. The van der Waals surface area contributed by atoms with Gasteiger partial charge in [0.25, 0.3) is 0 Å². The van der Waals surface area contributed by atoms with Crippen LogP contribution >= 0.6 is 0 Å². The molecule has 3 heteroatoms. The first-order valence-electron chi connectivity index (χ1n) is 4.23. The number of nitrogens with two attached hydrogens (primary N) is 1. The predicted molar refractivity (Wildman–Crippen MR) is 44.0 cm³/mol. The Morgan fingerprint density at radius 3 is 2.18 bits per heavy atom. The summed E-state index contributed by atoms with van der Waals surface area (Å²) in [6.45, 7) is 5.85. The minimum absolute atomic E-state index is 0.477. The van der Waals surface area contributed by atoms with Crippen LogP contribution in [0, 0.1) is 0 Å². The lowest BCUT2D eigenvalue weighted by Crippen LogP contribution is -2.49. The van der Waals surface area contributed by atoms with Crippen LogP contribution in [0.25, 0.3) is 0 Å². The maximum absolute atomic E-state index is 13.1. The van der Waals surface area contributed by atoms with Crippen molar-refractivity contribution in [2.45, 2.75) is 38.5 Å². The predicted octanol–water partition coefficient (Wildman–Crippen LogP) is 1.12. The fourth-order valence-electron chi connectivity index (χ4n) is 1.41. The van der Waals surface area contributed by atoms with Crippen molar-refractivity contribution >= 4 is 0 Å². The highest BCUT2D eigenvalue weighted by molar-refractivity contribution is 4.81. The van der Waals surface area contributed by atoms with Gasteiger partial charge >= 0.3 is 0 Å². The van der Waals surface area contributed by atoms with Crippen molar-refractivity contribution < 1.29 is 4.39 Å². The van der Waals surface area contributed by atoms with Gasteiger partial charge in [-0.15, -0.1) is 0 Å². The van der Waals surface area contributed by atoms with E-state index in [0.717, 1.165) is 13.1 Å². The Morgan fingerprint density at radius 1 is 1.36 bits per heavy atom. The van der Waals surface area contributed by atoms with Gasteiger partial charge in [-0.1, -0.05) is 0 Å². The first-order chi connectivity index (χ1) is 5.01. The van der Waals surface area contributed by atoms with Gasteiger partial charge in [-0.05, 0) is 13.8 Å². The summed E-state index contributed by atoms with van der Waals surface area (Å²) in [7, 11) is 0. The fraction of sp³-hybridized carbons (Fsp3) is 1.00. The number of nitrogens with zero attached hydrogens (tertiary/aromatic N) is 1. The summed E-state index contributed by atoms with van der Waals surface area (Å²) in [5.74, 6) is -1.40. The van der Waals surface area contributed by atoms with Crippen LogP contribution in [0.2, 0.25) is 0 Å². The average molecular weight is 160 g/mol. The Hall–Kier alpha value is -0.150. The lowest BCUT2D eigenvalue weighted by molar-refractivity contribution is 0.0501. The first-order valence-corrected chi connectivity index (χ1v) is 4.23. The summed E-state index contributed by atoms with van der Waals surface area (Å²) in [6.07, 6.45) is 0.955. The molecule has 1 rings (SSSR count). The van der Waals surface area contributed by atoms with Gasteiger partial charge in [-0.2, -0.15) is 0 Å². The second-order valence-corrected chi connectivity index (χ2v) is 3.66. The first kappa shape index (κ1) is 8.94. The van der Waals surface area contributed by atoms with Crippen molar-refractivity contribution in [2.24, 2.45) is 5.73 Å². The Kier molecular flexibility index (Phi) is 2.50. The number of halogens is 1. The summed E-state index contributed by atoms with van der Waals surface area (Å²) in [4.78, 5) is 2.25. The number of hydrogen-bond donors (Lipinski definition) is 1. The Bertz CT molecular complexity index is 124. The Balaban J connectivity index is 2.36. The molecular formula is C8H17FN2. The van der Waals surface area contributed by atoms with Crippen LogP contribution in [-0.2, 0) is 0 Å². The van der Waals surface area contributed by atoms with Gasteiger partial charge in [0.1, 0.15) is 0 Å². The Morgan fingerprint density at radius 2 is 1.82 bits per heavy atom. The normalized spacial score (nSPS) is 25.9. The molecule has 1 aliphatic heterocycles. The minimum Gasteiger partial charge on any atom is -0.301 e. The summed E-state index contributed by atoms with van der Waals surface area (Å²) in [6, 6.07) is 0.520. The highest BCUT2D eigenvalue weighted by Crippen LogP contribution is 2.21. The minimum atomic E-state index is -1.40. The van der Waals surface area contributed by atoms with E-state index >= 15 is 0 Å². The topological polar surface area (TPSA) is 29.3 Å². The van der Waals surface area contributed by atoms with Gasteiger partial charge in [0.2, 0.25) is 0 Å². The molecule has 0 aliphatic carbocycles. The van der Waals surface area contributed by atoms with Gasteiger partial charge in [0.15, 0.2) is 5.79 Å². The molecule has 1 heterocycles. The van der Waals surface area contributed by atoms with Crippen molar-refractivity contribution in [1.29, 1.82) is 0 Å². The molecule has 0 aromatic carbocycles. The lowest BCUT2D eigenvalue weighted by atomic mass is 10.0. The molecule has 1 aliphatic rings. The van der Waals surface area contributed by atoms with E-state index in [0.29, 0.717) is 18.9 Å². The van der Waals surface area contributed by atoms with Crippen molar-refractivity contribution in [3.05, 3.63) is 0 Å². The van der Waals surface area contributed by atoms with Crippen LogP contribution in [0.15, 0.2) is 0 Å². The molecule has 0 amide bonds. The van der Waals surface area contributed by atoms with Crippen LogP contribution in [0.3, 0.4) is 0 Å². The third-order valence-electron chi connectivity index (χ3n) is 2.36. The highest BCUT2D eigenvalue weighted by Gasteiger charge is 2.30. The van der Waals surface area contributed by atoms with Gasteiger partial charge in [-0.25, -0.2) is 4.39 Å². The molecule has 0 aromatic rings. The van der Waals surface area contributed by atoms with E-state index in [-0.39, 0.29) is 0 Å². The van der Waals surface area contributed by atoms with Crippen molar-refractivity contribution in [2.75, 3.05) is 13.1 Å². The summed E-state index contributed by atoms with van der Waals surface area (Å²) in [5.41, 5.74) is 5.35. The maximum Gasteiger partial charge on any atom is 0.161 e. The van der Waals surface area contributed by atoms with E-state index in [1.807, 2.05) is 0 Å². The van der Waals surface area contributed by atoms with E-state index in [2.05, 4.69) is 18.7 Å². The highest BCUT2D eigenvalue weighted by atomic mass is 19.1. The molecule has 1 saturated heterocycles. The van der Waals surface area contributed by atoms with E-state index in [9.17, 15) is 4.39 Å². The van der Waals surface area contributed by atoms with Crippen molar-refractivity contribution in [1.82, 2.24) is 4.90 Å². The maximum atomic E-state index is 13.1. The average Bonchev–Trinajstić information content (AvgIpc) is 1.86. The number of likely N-dealkylation sites (tertiary alicyclic amines) is 1. The van der Waals surface area contributed by atoms with Crippen LogP contribution in [0.1, 0.15) is 26.7 Å². The van der Waals surface area contributed by atoms with Gasteiger partial charge < -0.3 is 4.90 Å².